The number of benzene rings is 1. The normalized spacial score (nSPS) is 19.6. The highest BCUT2D eigenvalue weighted by Gasteiger charge is 2.20. The van der Waals surface area contributed by atoms with Crippen molar-refractivity contribution in [1.82, 2.24) is 10.2 Å². The van der Waals surface area contributed by atoms with Crippen molar-refractivity contribution >= 4 is 0 Å². The second-order valence-corrected chi connectivity index (χ2v) is 4.58. The van der Waals surface area contributed by atoms with Gasteiger partial charge in [0.25, 0.3) is 0 Å². The van der Waals surface area contributed by atoms with Gasteiger partial charge in [0.2, 0.25) is 0 Å². The van der Waals surface area contributed by atoms with E-state index in [0.29, 0.717) is 6.04 Å². The largest absolute Gasteiger partial charge is 0.497 e. The molecule has 0 aliphatic carbocycles. The maximum Gasteiger partial charge on any atom is 0.119 e. The number of methoxy groups -OCH3 is 1. The van der Waals surface area contributed by atoms with Crippen molar-refractivity contribution in [3.63, 3.8) is 0 Å². The van der Waals surface area contributed by atoms with Crippen LogP contribution in [0, 0.1) is 0 Å². The maximum atomic E-state index is 5.27. The van der Waals surface area contributed by atoms with Crippen molar-refractivity contribution in [2.45, 2.75) is 12.5 Å². The molecule has 0 radical (unpaired) electrons. The van der Waals surface area contributed by atoms with Crippen molar-refractivity contribution in [2.75, 3.05) is 34.3 Å². The van der Waals surface area contributed by atoms with Crippen molar-refractivity contribution in [2.24, 2.45) is 0 Å². The topological polar surface area (TPSA) is 24.5 Å². The minimum atomic E-state index is 0.449. The first-order chi connectivity index (χ1) is 7.70. The lowest BCUT2D eigenvalue weighted by molar-refractivity contribution is 0.333. The Balaban J connectivity index is 2.25. The molecule has 0 saturated heterocycles. The molecule has 1 aromatic carbocycles. The molecule has 1 atom stereocenters. The highest BCUT2D eigenvalue weighted by atomic mass is 16.5. The van der Waals surface area contributed by atoms with Crippen molar-refractivity contribution in [1.29, 1.82) is 0 Å². The molecular weight excluding hydrogens is 200 g/mol. The molecule has 2 rings (SSSR count). The summed E-state index contributed by atoms with van der Waals surface area (Å²) in [5, 5.41) is 3.56. The number of ether oxygens (including phenoxy) is 1. The molecule has 1 heterocycles. The van der Waals surface area contributed by atoms with Crippen LogP contribution in [0.5, 0.6) is 5.75 Å². The lowest BCUT2D eigenvalue weighted by atomic mass is 9.94. The molecule has 3 nitrogen and oxygen atoms in total. The summed E-state index contributed by atoms with van der Waals surface area (Å²) < 4.78 is 5.27. The Hall–Kier alpha value is -1.06. The Morgan fingerprint density at radius 1 is 1.44 bits per heavy atom. The third kappa shape index (κ3) is 2.36. The molecule has 1 unspecified atom stereocenters. The average molecular weight is 220 g/mol. The predicted octanol–water partition coefficient (Wildman–Crippen LogP) is 1.44. The third-order valence-corrected chi connectivity index (χ3v) is 3.06. The Morgan fingerprint density at radius 3 is 2.94 bits per heavy atom. The van der Waals surface area contributed by atoms with Gasteiger partial charge in [-0.25, -0.2) is 0 Å². The third-order valence-electron chi connectivity index (χ3n) is 3.06. The number of fused-ring (bicyclic) bond motifs is 1. The molecule has 0 saturated carbocycles. The molecule has 0 spiro atoms. The summed E-state index contributed by atoms with van der Waals surface area (Å²) in [4.78, 5) is 2.22. The second kappa shape index (κ2) is 4.85. The fraction of sp³-hybridized carbons (Fsp3) is 0.538. The van der Waals surface area contributed by atoms with Gasteiger partial charge in [-0.1, -0.05) is 6.07 Å². The van der Waals surface area contributed by atoms with Crippen LogP contribution in [0.15, 0.2) is 18.2 Å². The second-order valence-electron chi connectivity index (χ2n) is 4.58. The van der Waals surface area contributed by atoms with Crippen molar-refractivity contribution < 1.29 is 4.74 Å². The van der Waals surface area contributed by atoms with Gasteiger partial charge in [0.1, 0.15) is 5.75 Å². The van der Waals surface area contributed by atoms with E-state index in [-0.39, 0.29) is 0 Å². The van der Waals surface area contributed by atoms with Crippen molar-refractivity contribution in [3.05, 3.63) is 29.3 Å². The van der Waals surface area contributed by atoms with Crippen molar-refractivity contribution in [3.8, 4) is 5.75 Å². The van der Waals surface area contributed by atoms with Crippen LogP contribution in [-0.4, -0.2) is 39.2 Å². The van der Waals surface area contributed by atoms with Gasteiger partial charge < -0.3 is 15.0 Å². The maximum absolute atomic E-state index is 5.27. The Bertz CT molecular complexity index is 363. The summed E-state index contributed by atoms with van der Waals surface area (Å²) in [5.74, 6) is 0.962. The molecule has 1 aromatic rings. The Kier molecular flexibility index (Phi) is 3.46. The van der Waals surface area contributed by atoms with Gasteiger partial charge in [-0.15, -0.1) is 0 Å². The molecule has 1 aliphatic rings. The summed E-state index contributed by atoms with van der Waals surface area (Å²) in [6, 6.07) is 6.85. The van der Waals surface area contributed by atoms with Crippen LogP contribution in [0.4, 0.5) is 0 Å². The molecule has 16 heavy (non-hydrogen) atoms. The van der Waals surface area contributed by atoms with Gasteiger partial charge >= 0.3 is 0 Å². The standard InChI is InChI=1S/C13H20N2O/c1-15(2)9-13-12-5-4-11(16-3)8-10(12)6-7-14-13/h4-5,8,13-14H,6-7,9H2,1-3H3. The number of likely N-dealkylation sites (N-methyl/N-ethyl adjacent to an activating group) is 1. The van der Waals surface area contributed by atoms with E-state index >= 15 is 0 Å². The van der Waals surface area contributed by atoms with E-state index in [1.165, 1.54) is 11.1 Å². The van der Waals surface area contributed by atoms with Crippen LogP contribution < -0.4 is 10.1 Å². The number of nitrogens with one attached hydrogen (secondary N) is 1. The molecule has 3 heteroatoms. The monoisotopic (exact) mass is 220 g/mol. The highest BCUT2D eigenvalue weighted by molar-refractivity contribution is 5.39. The zero-order chi connectivity index (χ0) is 11.5. The fourth-order valence-electron chi connectivity index (χ4n) is 2.28. The zero-order valence-electron chi connectivity index (χ0n) is 10.3. The average Bonchev–Trinajstić information content (AvgIpc) is 2.28. The minimum absolute atomic E-state index is 0.449. The first-order valence-electron chi connectivity index (χ1n) is 5.75. The van der Waals surface area contributed by atoms with Crippen LogP contribution in [-0.2, 0) is 6.42 Å². The van der Waals surface area contributed by atoms with Gasteiger partial charge in [-0.2, -0.15) is 0 Å². The predicted molar refractivity (Wildman–Crippen MR) is 66.0 cm³/mol. The molecule has 0 aromatic heterocycles. The molecule has 0 amide bonds. The van der Waals surface area contributed by atoms with E-state index < -0.39 is 0 Å². The summed E-state index contributed by atoms with van der Waals surface area (Å²) >= 11 is 0. The molecule has 88 valence electrons. The highest BCUT2D eigenvalue weighted by Crippen LogP contribution is 2.26. The van der Waals surface area contributed by atoms with Crippen LogP contribution in [0.25, 0.3) is 0 Å². The number of hydrogen-bond donors (Lipinski definition) is 1. The summed E-state index contributed by atoms with van der Waals surface area (Å²) in [6.45, 7) is 2.10. The lowest BCUT2D eigenvalue weighted by Crippen LogP contribution is -2.36. The molecule has 1 aliphatic heterocycles. The van der Waals surface area contributed by atoms with E-state index in [1.807, 2.05) is 0 Å². The van der Waals surface area contributed by atoms with Crippen LogP contribution in [0.2, 0.25) is 0 Å². The van der Waals surface area contributed by atoms with E-state index in [1.54, 1.807) is 7.11 Å². The number of rotatable bonds is 3. The quantitative estimate of drug-likeness (QED) is 0.834. The zero-order valence-corrected chi connectivity index (χ0v) is 10.3. The van der Waals surface area contributed by atoms with E-state index in [2.05, 4.69) is 42.5 Å². The van der Waals surface area contributed by atoms with Crippen LogP contribution in [0.1, 0.15) is 17.2 Å². The van der Waals surface area contributed by atoms with Gasteiger partial charge in [0, 0.05) is 12.6 Å². The SMILES string of the molecule is COc1ccc2c(c1)CCNC2CN(C)C. The van der Waals surface area contributed by atoms with E-state index in [4.69, 9.17) is 4.74 Å². The van der Waals surface area contributed by atoms with Crippen LogP contribution in [0.3, 0.4) is 0 Å². The molecular formula is C13H20N2O. The number of nitrogens with zero attached hydrogens (tertiary/aromatic N) is 1. The summed E-state index contributed by atoms with van der Waals surface area (Å²) in [6.07, 6.45) is 1.09. The molecule has 0 fully saturated rings. The molecule has 1 N–H and O–H groups in total. The lowest BCUT2D eigenvalue weighted by Gasteiger charge is -2.29. The first-order valence-corrected chi connectivity index (χ1v) is 5.75. The van der Waals surface area contributed by atoms with Gasteiger partial charge in [-0.3, -0.25) is 0 Å². The summed E-state index contributed by atoms with van der Waals surface area (Å²) in [5.41, 5.74) is 2.84. The number of hydrogen-bond acceptors (Lipinski definition) is 3. The Labute approximate surface area is 97.4 Å². The van der Waals surface area contributed by atoms with E-state index in [9.17, 15) is 0 Å². The van der Waals surface area contributed by atoms with Gasteiger partial charge in [0.05, 0.1) is 7.11 Å². The fourth-order valence-corrected chi connectivity index (χ4v) is 2.28. The van der Waals surface area contributed by atoms with Gasteiger partial charge in [0.15, 0.2) is 0 Å². The smallest absolute Gasteiger partial charge is 0.119 e. The Morgan fingerprint density at radius 2 is 2.25 bits per heavy atom. The van der Waals surface area contributed by atoms with Gasteiger partial charge in [-0.05, 0) is 50.3 Å². The minimum Gasteiger partial charge on any atom is -0.497 e. The summed E-state index contributed by atoms with van der Waals surface area (Å²) in [7, 11) is 5.94. The molecule has 0 bridgehead atoms. The van der Waals surface area contributed by atoms with E-state index in [0.717, 1.165) is 25.3 Å². The first kappa shape index (κ1) is 11.4. The van der Waals surface area contributed by atoms with Crippen LogP contribution >= 0.6 is 0 Å².